The molecule has 26 heavy (non-hydrogen) atoms. The van der Waals surface area contributed by atoms with Crippen molar-refractivity contribution in [3.8, 4) is 5.75 Å². The molecule has 0 bridgehead atoms. The topological polar surface area (TPSA) is 26.7 Å². The van der Waals surface area contributed by atoms with Crippen molar-refractivity contribution in [2.45, 2.75) is 63.8 Å². The third kappa shape index (κ3) is 3.66. The summed E-state index contributed by atoms with van der Waals surface area (Å²) in [6.45, 7) is 11.0. The van der Waals surface area contributed by atoms with Gasteiger partial charge in [0.15, 0.2) is 0 Å². The highest BCUT2D eigenvalue weighted by Gasteiger charge is 2.44. The van der Waals surface area contributed by atoms with Gasteiger partial charge in [0.05, 0.1) is 0 Å². The molecule has 2 saturated heterocycles. The Balaban J connectivity index is 1.45. The van der Waals surface area contributed by atoms with Gasteiger partial charge < -0.3 is 10.0 Å². The molecule has 1 aromatic carbocycles. The van der Waals surface area contributed by atoms with Crippen LogP contribution in [0.4, 0.5) is 0 Å². The Morgan fingerprint density at radius 3 is 2.69 bits per heavy atom. The third-order valence-corrected chi connectivity index (χ3v) is 7.69. The van der Waals surface area contributed by atoms with E-state index in [1.165, 1.54) is 76.8 Å². The normalized spacial score (nSPS) is 34.5. The van der Waals surface area contributed by atoms with Gasteiger partial charge in [-0.25, -0.2) is 0 Å². The van der Waals surface area contributed by atoms with Crippen LogP contribution in [0, 0.1) is 11.8 Å². The molecule has 0 amide bonds. The molecule has 3 fully saturated rings. The molecule has 3 aliphatic rings. The summed E-state index contributed by atoms with van der Waals surface area (Å²) >= 11 is 0. The number of hydrogen-bond donors (Lipinski definition) is 1. The summed E-state index contributed by atoms with van der Waals surface area (Å²) in [5.74, 6) is 1.96. The highest BCUT2D eigenvalue weighted by Crippen LogP contribution is 2.43. The van der Waals surface area contributed by atoms with Crippen molar-refractivity contribution >= 4 is 0 Å². The average Bonchev–Trinajstić information content (AvgIpc) is 2.64. The number of fused-ring (bicyclic) bond motifs is 1. The molecular formula is C23H36N2O. The van der Waals surface area contributed by atoms with Crippen LogP contribution in [-0.2, 0) is 5.41 Å². The van der Waals surface area contributed by atoms with Gasteiger partial charge in [-0.2, -0.15) is 0 Å². The van der Waals surface area contributed by atoms with Gasteiger partial charge in [-0.05, 0) is 54.2 Å². The number of rotatable bonds is 3. The van der Waals surface area contributed by atoms with E-state index in [1.54, 1.807) is 6.07 Å². The molecule has 0 aromatic heterocycles. The van der Waals surface area contributed by atoms with Crippen molar-refractivity contribution in [2.24, 2.45) is 11.8 Å². The minimum atomic E-state index is 0.160. The van der Waals surface area contributed by atoms with Gasteiger partial charge in [-0.3, -0.25) is 4.90 Å². The number of aromatic hydroxyl groups is 1. The van der Waals surface area contributed by atoms with E-state index in [0.29, 0.717) is 17.7 Å². The summed E-state index contributed by atoms with van der Waals surface area (Å²) in [5.41, 5.74) is 1.47. The van der Waals surface area contributed by atoms with Gasteiger partial charge in [0, 0.05) is 38.8 Å². The largest absolute Gasteiger partial charge is 0.508 e. The molecule has 1 N–H and O–H groups in total. The van der Waals surface area contributed by atoms with Crippen LogP contribution in [0.5, 0.6) is 5.75 Å². The molecule has 2 aliphatic heterocycles. The summed E-state index contributed by atoms with van der Waals surface area (Å²) in [5, 5.41) is 9.98. The number of phenols is 1. The lowest BCUT2D eigenvalue weighted by Crippen LogP contribution is -2.61. The van der Waals surface area contributed by atoms with E-state index in [1.807, 2.05) is 12.1 Å². The number of phenolic OH excluding ortho intramolecular Hbond substituents is 1. The van der Waals surface area contributed by atoms with Gasteiger partial charge in [-0.1, -0.05) is 45.2 Å². The second-order valence-electron chi connectivity index (χ2n) is 9.49. The predicted octanol–water partition coefficient (Wildman–Crippen LogP) is 4.26. The van der Waals surface area contributed by atoms with Crippen molar-refractivity contribution < 1.29 is 5.11 Å². The Bertz CT molecular complexity index is 612. The molecule has 3 nitrogen and oxygen atoms in total. The van der Waals surface area contributed by atoms with Crippen molar-refractivity contribution in [1.29, 1.82) is 0 Å². The van der Waals surface area contributed by atoms with E-state index >= 15 is 0 Å². The predicted molar refractivity (Wildman–Crippen MR) is 108 cm³/mol. The summed E-state index contributed by atoms with van der Waals surface area (Å²) in [6, 6.07) is 8.67. The number of hydrogen-bond acceptors (Lipinski definition) is 3. The smallest absolute Gasteiger partial charge is 0.115 e. The Morgan fingerprint density at radius 1 is 1.12 bits per heavy atom. The summed E-state index contributed by atoms with van der Waals surface area (Å²) in [4.78, 5) is 5.50. The highest BCUT2D eigenvalue weighted by atomic mass is 16.3. The van der Waals surface area contributed by atoms with E-state index in [9.17, 15) is 5.11 Å². The summed E-state index contributed by atoms with van der Waals surface area (Å²) in [6.07, 6.45) is 8.44. The standard InChI is InChI=1S/C23H36N2O/c1-18-15-25-12-11-24(16-19-7-4-3-5-8-19)17-21(25)14-23(18,2)20-9-6-10-22(26)13-20/h6,9-10,13,18-19,21,26H,3-5,7-8,11-12,14-17H2,1-2H3/t18?,21?,23-/m1/s1. The Kier molecular flexibility index (Phi) is 5.29. The van der Waals surface area contributed by atoms with Crippen LogP contribution in [0.2, 0.25) is 0 Å². The Morgan fingerprint density at radius 2 is 1.92 bits per heavy atom. The molecule has 1 saturated carbocycles. The number of piperazine rings is 1. The number of piperidine rings is 1. The van der Waals surface area contributed by atoms with Crippen LogP contribution in [-0.4, -0.2) is 53.7 Å². The molecule has 1 aliphatic carbocycles. The van der Waals surface area contributed by atoms with Crippen molar-refractivity contribution in [2.75, 3.05) is 32.7 Å². The quantitative estimate of drug-likeness (QED) is 0.877. The van der Waals surface area contributed by atoms with Gasteiger partial charge in [-0.15, -0.1) is 0 Å². The molecule has 144 valence electrons. The minimum Gasteiger partial charge on any atom is -0.508 e. The number of nitrogens with zero attached hydrogens (tertiary/aromatic N) is 2. The molecule has 3 atom stereocenters. The zero-order valence-corrected chi connectivity index (χ0v) is 16.7. The summed E-state index contributed by atoms with van der Waals surface area (Å²) in [7, 11) is 0. The van der Waals surface area contributed by atoms with Crippen molar-refractivity contribution in [3.63, 3.8) is 0 Å². The molecule has 1 aromatic rings. The first-order valence-corrected chi connectivity index (χ1v) is 10.8. The zero-order valence-electron chi connectivity index (χ0n) is 16.7. The molecule has 2 unspecified atom stereocenters. The fourth-order valence-electron chi connectivity index (χ4n) is 5.80. The first-order chi connectivity index (χ1) is 12.5. The van der Waals surface area contributed by atoms with Crippen LogP contribution in [0.25, 0.3) is 0 Å². The molecule has 4 rings (SSSR count). The molecule has 0 spiro atoms. The van der Waals surface area contributed by atoms with E-state index in [-0.39, 0.29) is 5.41 Å². The molecule has 0 radical (unpaired) electrons. The molecular weight excluding hydrogens is 320 g/mol. The van der Waals surface area contributed by atoms with E-state index < -0.39 is 0 Å². The van der Waals surface area contributed by atoms with Gasteiger partial charge in [0.25, 0.3) is 0 Å². The molecule has 3 heteroatoms. The average molecular weight is 357 g/mol. The SMILES string of the molecule is CC1CN2CCN(CC3CCCCC3)CC2C[C@@]1(C)c1cccc(O)c1. The highest BCUT2D eigenvalue weighted by molar-refractivity contribution is 5.34. The van der Waals surface area contributed by atoms with Crippen molar-refractivity contribution in [1.82, 2.24) is 9.80 Å². The van der Waals surface area contributed by atoms with Crippen LogP contribution in [0.15, 0.2) is 24.3 Å². The Labute approximate surface area is 159 Å². The van der Waals surface area contributed by atoms with E-state index in [2.05, 4.69) is 29.7 Å². The van der Waals surface area contributed by atoms with Crippen molar-refractivity contribution in [3.05, 3.63) is 29.8 Å². The zero-order chi connectivity index (χ0) is 18.1. The fourth-order valence-corrected chi connectivity index (χ4v) is 5.80. The van der Waals surface area contributed by atoms with Gasteiger partial charge in [0.2, 0.25) is 0 Å². The lowest BCUT2D eigenvalue weighted by Gasteiger charge is -2.53. The van der Waals surface area contributed by atoms with Crippen LogP contribution in [0.1, 0.15) is 57.9 Å². The monoisotopic (exact) mass is 356 g/mol. The Hall–Kier alpha value is -1.06. The van der Waals surface area contributed by atoms with E-state index in [0.717, 1.165) is 5.92 Å². The maximum Gasteiger partial charge on any atom is 0.115 e. The second-order valence-corrected chi connectivity index (χ2v) is 9.49. The molecule has 2 heterocycles. The lowest BCUT2D eigenvalue weighted by molar-refractivity contribution is -0.00874. The van der Waals surface area contributed by atoms with Crippen LogP contribution in [0.3, 0.4) is 0 Å². The maximum absolute atomic E-state index is 9.98. The number of benzene rings is 1. The second kappa shape index (κ2) is 7.52. The third-order valence-electron chi connectivity index (χ3n) is 7.69. The van der Waals surface area contributed by atoms with E-state index in [4.69, 9.17) is 0 Å². The lowest BCUT2D eigenvalue weighted by atomic mass is 9.65. The minimum absolute atomic E-state index is 0.160. The fraction of sp³-hybridized carbons (Fsp3) is 0.739. The first-order valence-electron chi connectivity index (χ1n) is 10.8. The van der Waals surface area contributed by atoms with Gasteiger partial charge >= 0.3 is 0 Å². The van der Waals surface area contributed by atoms with Gasteiger partial charge in [0.1, 0.15) is 5.75 Å². The summed E-state index contributed by atoms with van der Waals surface area (Å²) < 4.78 is 0. The maximum atomic E-state index is 9.98. The first kappa shape index (κ1) is 18.3. The van der Waals surface area contributed by atoms with Crippen LogP contribution < -0.4 is 0 Å². The van der Waals surface area contributed by atoms with Crippen LogP contribution >= 0.6 is 0 Å².